The van der Waals surface area contributed by atoms with Gasteiger partial charge in [0.2, 0.25) is 0 Å². The molecule has 0 atom stereocenters. The summed E-state index contributed by atoms with van der Waals surface area (Å²) in [5.41, 5.74) is 13.5. The molecule has 0 spiro atoms. The van der Waals surface area contributed by atoms with E-state index in [4.69, 9.17) is 4.42 Å². The van der Waals surface area contributed by atoms with Crippen molar-refractivity contribution in [2.24, 2.45) is 0 Å². The quantitative estimate of drug-likeness (QED) is 0.170. The molecule has 0 N–H and O–H groups in total. The summed E-state index contributed by atoms with van der Waals surface area (Å²) in [4.78, 5) is 0. The second-order valence-electron chi connectivity index (χ2n) is 14.8. The van der Waals surface area contributed by atoms with Gasteiger partial charge in [0.15, 0.2) is 0 Å². The zero-order chi connectivity index (χ0) is 35.0. The summed E-state index contributed by atoms with van der Waals surface area (Å²) >= 11 is 0. The van der Waals surface area contributed by atoms with Crippen LogP contribution in [0.1, 0.15) is 37.5 Å². The Balaban J connectivity index is 1.13. The molecule has 0 bridgehead atoms. The number of benzene rings is 8. The van der Waals surface area contributed by atoms with Crippen LogP contribution in [0.25, 0.3) is 82.1 Å². The molecule has 248 valence electrons. The van der Waals surface area contributed by atoms with E-state index in [9.17, 15) is 0 Å². The number of hydrogen-bond donors (Lipinski definition) is 0. The molecule has 1 nitrogen and oxygen atoms in total. The Labute approximate surface area is 304 Å². The van der Waals surface area contributed by atoms with Gasteiger partial charge in [-0.25, -0.2) is 0 Å². The molecule has 0 fully saturated rings. The SMILES string of the molecule is C/C(=C\C=C1/Cc2c(c3oc4ccccc4c3c3ccccc23)C1(C)C)c1c2ccccc2c(-c2ccc(-c3ccccc3)cc2)c2ccccc12. The predicted molar refractivity (Wildman–Crippen MR) is 222 cm³/mol. The minimum atomic E-state index is -0.192. The Hall–Kier alpha value is -6.18. The highest BCUT2D eigenvalue weighted by molar-refractivity contribution is 6.22. The Morgan fingerprint density at radius 3 is 1.73 bits per heavy atom. The molecule has 1 heteroatoms. The molecule has 0 radical (unpaired) electrons. The lowest BCUT2D eigenvalue weighted by Gasteiger charge is -2.22. The Morgan fingerprint density at radius 1 is 0.538 bits per heavy atom. The number of furan rings is 1. The minimum absolute atomic E-state index is 0.192. The summed E-state index contributed by atoms with van der Waals surface area (Å²) in [5, 5.41) is 10.1. The van der Waals surface area contributed by atoms with Crippen molar-refractivity contribution in [2.75, 3.05) is 0 Å². The van der Waals surface area contributed by atoms with E-state index in [1.807, 2.05) is 0 Å². The first kappa shape index (κ1) is 30.6. The molecule has 0 saturated carbocycles. The summed E-state index contributed by atoms with van der Waals surface area (Å²) in [5.74, 6) is 0. The van der Waals surface area contributed by atoms with Crippen molar-refractivity contribution in [3.05, 3.63) is 186 Å². The van der Waals surface area contributed by atoms with Gasteiger partial charge in [0.05, 0.1) is 0 Å². The zero-order valence-corrected chi connectivity index (χ0v) is 29.7. The van der Waals surface area contributed by atoms with Crippen LogP contribution in [0, 0.1) is 0 Å². The van der Waals surface area contributed by atoms with Crippen LogP contribution in [0.5, 0.6) is 0 Å². The van der Waals surface area contributed by atoms with Gasteiger partial charge in [-0.15, -0.1) is 0 Å². The van der Waals surface area contributed by atoms with Crippen LogP contribution in [0.2, 0.25) is 0 Å². The second kappa shape index (κ2) is 11.7. The molecule has 10 rings (SSSR count). The van der Waals surface area contributed by atoms with Crippen molar-refractivity contribution in [1.29, 1.82) is 0 Å². The maximum Gasteiger partial charge on any atom is 0.140 e. The summed E-state index contributed by atoms with van der Waals surface area (Å²) < 4.78 is 6.71. The first-order valence-corrected chi connectivity index (χ1v) is 18.3. The van der Waals surface area contributed by atoms with Crippen LogP contribution in [0.15, 0.2) is 174 Å². The van der Waals surface area contributed by atoms with E-state index in [2.05, 4.69) is 185 Å². The third kappa shape index (κ3) is 4.55. The molecular weight excluding hydrogens is 629 g/mol. The highest BCUT2D eigenvalue weighted by atomic mass is 16.3. The van der Waals surface area contributed by atoms with E-state index >= 15 is 0 Å². The summed E-state index contributed by atoms with van der Waals surface area (Å²) in [6, 6.07) is 54.9. The van der Waals surface area contributed by atoms with Crippen molar-refractivity contribution in [3.8, 4) is 22.3 Å². The van der Waals surface area contributed by atoms with Crippen molar-refractivity contribution in [1.82, 2.24) is 0 Å². The van der Waals surface area contributed by atoms with Crippen LogP contribution in [-0.2, 0) is 11.8 Å². The smallest absolute Gasteiger partial charge is 0.140 e. The lowest BCUT2D eigenvalue weighted by Crippen LogP contribution is -2.15. The van der Waals surface area contributed by atoms with E-state index in [1.165, 1.54) is 93.2 Å². The van der Waals surface area contributed by atoms with E-state index in [0.717, 1.165) is 17.6 Å². The Kier molecular flexibility index (Phi) is 6.88. The molecule has 8 aromatic carbocycles. The number of rotatable bonds is 4. The fourth-order valence-corrected chi connectivity index (χ4v) is 9.04. The van der Waals surface area contributed by atoms with Gasteiger partial charge in [0, 0.05) is 21.8 Å². The maximum atomic E-state index is 6.71. The molecule has 0 unspecified atom stereocenters. The number of fused-ring (bicyclic) bond motifs is 10. The summed E-state index contributed by atoms with van der Waals surface area (Å²) in [6.45, 7) is 7.03. The Morgan fingerprint density at radius 2 is 1.06 bits per heavy atom. The molecule has 9 aromatic rings. The average Bonchev–Trinajstić information content (AvgIpc) is 3.70. The molecule has 0 aliphatic heterocycles. The molecule has 52 heavy (non-hydrogen) atoms. The van der Waals surface area contributed by atoms with Crippen molar-refractivity contribution < 1.29 is 4.42 Å². The van der Waals surface area contributed by atoms with Gasteiger partial charge in [0.1, 0.15) is 11.2 Å². The molecule has 1 heterocycles. The zero-order valence-electron chi connectivity index (χ0n) is 29.7. The predicted octanol–water partition coefficient (Wildman–Crippen LogP) is 14.2. The highest BCUT2D eigenvalue weighted by Crippen LogP contribution is 2.52. The highest BCUT2D eigenvalue weighted by Gasteiger charge is 2.39. The van der Waals surface area contributed by atoms with Gasteiger partial charge in [0.25, 0.3) is 0 Å². The van der Waals surface area contributed by atoms with Crippen LogP contribution < -0.4 is 0 Å². The molecule has 1 aliphatic rings. The van der Waals surface area contributed by atoms with Crippen LogP contribution >= 0.6 is 0 Å². The summed E-state index contributed by atoms with van der Waals surface area (Å²) in [7, 11) is 0. The molecule has 0 saturated heterocycles. The van der Waals surface area contributed by atoms with Crippen LogP contribution in [0.3, 0.4) is 0 Å². The molecular formula is C51H38O. The first-order valence-electron chi connectivity index (χ1n) is 18.3. The molecule has 1 aliphatic carbocycles. The van der Waals surface area contributed by atoms with Crippen LogP contribution in [-0.4, -0.2) is 0 Å². The average molecular weight is 667 g/mol. The lowest BCUT2D eigenvalue weighted by atomic mass is 9.81. The van der Waals surface area contributed by atoms with Gasteiger partial charge in [-0.05, 0) is 90.7 Å². The van der Waals surface area contributed by atoms with Crippen molar-refractivity contribution in [3.63, 3.8) is 0 Å². The van der Waals surface area contributed by atoms with Gasteiger partial charge in [-0.2, -0.15) is 0 Å². The monoisotopic (exact) mass is 666 g/mol. The minimum Gasteiger partial charge on any atom is -0.456 e. The van der Waals surface area contributed by atoms with Gasteiger partial charge < -0.3 is 4.42 Å². The normalized spacial score (nSPS) is 15.1. The number of allylic oxidation sites excluding steroid dienone is 4. The molecule has 0 amide bonds. The Bertz CT molecular complexity index is 2880. The van der Waals surface area contributed by atoms with E-state index < -0.39 is 0 Å². The second-order valence-corrected chi connectivity index (χ2v) is 14.8. The topological polar surface area (TPSA) is 13.1 Å². The van der Waals surface area contributed by atoms with Gasteiger partial charge in [-0.1, -0.05) is 177 Å². The standard InChI is InChI=1S/C51H38O/c1-32(25-30-36-31-44-37-17-7-8-18-38(37)48-43-23-13-14-24-45(43)52-50(48)49(44)51(36,2)3)46-39-19-9-11-21-41(39)47(42-22-12-10-20-40(42)46)35-28-26-34(27-29-35)33-15-5-4-6-16-33/h4-30H,31H2,1-3H3/b32-25+,36-30+. The third-order valence-corrected chi connectivity index (χ3v) is 11.6. The van der Waals surface area contributed by atoms with Gasteiger partial charge in [-0.3, -0.25) is 0 Å². The van der Waals surface area contributed by atoms with Crippen molar-refractivity contribution in [2.45, 2.75) is 32.6 Å². The largest absolute Gasteiger partial charge is 0.456 e. The van der Waals surface area contributed by atoms with E-state index in [1.54, 1.807) is 0 Å². The first-order chi connectivity index (χ1) is 25.5. The summed E-state index contributed by atoms with van der Waals surface area (Å²) in [6.07, 6.45) is 5.67. The van der Waals surface area contributed by atoms with E-state index in [-0.39, 0.29) is 5.41 Å². The van der Waals surface area contributed by atoms with Crippen molar-refractivity contribution >= 4 is 59.8 Å². The molecule has 1 aromatic heterocycles. The number of para-hydroxylation sites is 1. The fraction of sp³-hybridized carbons (Fsp3) is 0.0980. The third-order valence-electron chi connectivity index (χ3n) is 11.6. The number of hydrogen-bond acceptors (Lipinski definition) is 1. The van der Waals surface area contributed by atoms with Crippen LogP contribution in [0.4, 0.5) is 0 Å². The fourth-order valence-electron chi connectivity index (χ4n) is 9.04. The van der Waals surface area contributed by atoms with Gasteiger partial charge >= 0.3 is 0 Å². The van der Waals surface area contributed by atoms with E-state index in [0.29, 0.717) is 0 Å². The lowest BCUT2D eigenvalue weighted by molar-refractivity contribution is 0.613. The maximum absolute atomic E-state index is 6.71.